The number of hydrogen-bond donors (Lipinski definition) is 3. The molecule has 3 heterocycles. The second-order valence-corrected chi connectivity index (χ2v) is 11.9. The van der Waals surface area contributed by atoms with Gasteiger partial charge in [0.1, 0.15) is 18.1 Å². The van der Waals surface area contributed by atoms with Gasteiger partial charge in [-0.2, -0.15) is 5.26 Å². The minimum Gasteiger partial charge on any atom is -0.374 e. The second kappa shape index (κ2) is 11.3. The maximum Gasteiger partial charge on any atom is 0.255 e. The monoisotopic (exact) mass is 561 g/mol. The molecule has 3 amide bonds. The molecule has 5 aliphatic rings. The van der Waals surface area contributed by atoms with Crippen LogP contribution in [0.15, 0.2) is 24.3 Å². The Hall–Kier alpha value is -2.93. The number of benzene rings is 1. The van der Waals surface area contributed by atoms with Gasteiger partial charge < -0.3 is 20.9 Å². The average Bonchev–Trinajstić information content (AvgIpc) is 3.72. The lowest BCUT2D eigenvalue weighted by Gasteiger charge is -2.54. The summed E-state index contributed by atoms with van der Waals surface area (Å²) in [6, 6.07) is 5.10. The summed E-state index contributed by atoms with van der Waals surface area (Å²) in [5, 5.41) is 18.9. The minimum absolute atomic E-state index is 0.0971. The first-order valence-corrected chi connectivity index (χ1v) is 14.2. The Labute approximate surface area is 231 Å². The van der Waals surface area contributed by atoms with Gasteiger partial charge in [0.15, 0.2) is 0 Å². The van der Waals surface area contributed by atoms with Crippen molar-refractivity contribution in [2.75, 3.05) is 11.9 Å². The molecular formula is C28H34ClF2N5O3. The van der Waals surface area contributed by atoms with E-state index in [9.17, 15) is 19.6 Å². The van der Waals surface area contributed by atoms with Crippen LogP contribution < -0.4 is 16.0 Å². The maximum atomic E-state index is 15.1. The quantitative estimate of drug-likeness (QED) is 0.424. The number of fused-ring (bicyclic) bond motifs is 3. The van der Waals surface area contributed by atoms with Gasteiger partial charge in [-0.1, -0.05) is 30.5 Å². The summed E-state index contributed by atoms with van der Waals surface area (Å²) >= 11 is 6.14. The Morgan fingerprint density at radius 3 is 2.67 bits per heavy atom. The van der Waals surface area contributed by atoms with Crippen LogP contribution in [0.3, 0.4) is 0 Å². The number of nitrogens with zero attached hydrogens (tertiary/aromatic N) is 2. The van der Waals surface area contributed by atoms with Gasteiger partial charge in [0.2, 0.25) is 17.7 Å². The van der Waals surface area contributed by atoms with Gasteiger partial charge in [-0.15, -0.1) is 0 Å². The van der Waals surface area contributed by atoms with Crippen LogP contribution in [0.2, 0.25) is 5.02 Å². The number of carbonyl (C=O) groups excluding carboxylic acids is 3. The fraction of sp³-hybridized carbons (Fsp3) is 0.643. The molecular weight excluding hydrogens is 528 g/mol. The van der Waals surface area contributed by atoms with E-state index in [0.29, 0.717) is 42.4 Å². The Morgan fingerprint density at radius 1 is 1.21 bits per heavy atom. The second-order valence-electron chi connectivity index (χ2n) is 11.4. The Balaban J connectivity index is 1.38. The molecule has 3 saturated heterocycles. The number of hydrogen-bond acceptors (Lipinski definition) is 5. The molecule has 8 nitrogen and oxygen atoms in total. The zero-order valence-electron chi connectivity index (χ0n) is 21.7. The smallest absolute Gasteiger partial charge is 0.255 e. The summed E-state index contributed by atoms with van der Waals surface area (Å²) in [7, 11) is 0. The Bertz CT molecular complexity index is 1160. The Morgan fingerprint density at radius 2 is 2.00 bits per heavy atom. The van der Waals surface area contributed by atoms with E-state index in [2.05, 4.69) is 16.0 Å². The molecule has 3 aliphatic heterocycles. The summed E-state index contributed by atoms with van der Waals surface area (Å²) in [5.41, 5.74) is 0.644. The fourth-order valence-electron chi connectivity index (χ4n) is 6.44. The number of alkyl halides is 2. The van der Waals surface area contributed by atoms with E-state index in [1.54, 1.807) is 24.3 Å². The number of amides is 3. The summed E-state index contributed by atoms with van der Waals surface area (Å²) in [6.45, 7) is 0.571. The standard InChI is InChI=1S/C28H34ClF2N5O3/c29-18-4-1-5-19(13-18)34-23(11-16-6-7-16)27(39)36-21-8-9-22(28(30,31)14-21)24(36)26(38)35-20(15-32)12-17-3-2-10-33-25(17)37/h1,4-5,13,16-17,20-24,34H,2-3,6-12,14H2,(H,33,37)(H,35,38)/t17-,20+,21+,22+,23+,24+/m1/s1. The summed E-state index contributed by atoms with van der Waals surface area (Å²) in [4.78, 5) is 41.3. The molecule has 5 fully saturated rings. The van der Waals surface area contributed by atoms with Crippen LogP contribution in [0.4, 0.5) is 14.5 Å². The van der Waals surface area contributed by atoms with Gasteiger partial charge >= 0.3 is 0 Å². The van der Waals surface area contributed by atoms with Gasteiger partial charge in [0.05, 0.1) is 12.0 Å². The zero-order valence-corrected chi connectivity index (χ0v) is 22.4. The highest BCUT2D eigenvalue weighted by atomic mass is 35.5. The van der Waals surface area contributed by atoms with Gasteiger partial charge in [-0.05, 0) is 62.6 Å². The maximum absolute atomic E-state index is 15.1. The molecule has 2 aliphatic carbocycles. The van der Waals surface area contributed by atoms with E-state index >= 15 is 8.78 Å². The van der Waals surface area contributed by atoms with Gasteiger partial charge in [-0.3, -0.25) is 14.4 Å². The van der Waals surface area contributed by atoms with Crippen LogP contribution in [0, 0.1) is 29.1 Å². The third kappa shape index (κ3) is 6.13. The molecule has 6 atom stereocenters. The van der Waals surface area contributed by atoms with Crippen molar-refractivity contribution in [3.8, 4) is 6.07 Å². The molecule has 2 saturated carbocycles. The average molecular weight is 562 g/mol. The zero-order chi connectivity index (χ0) is 27.7. The molecule has 1 aromatic rings. The molecule has 2 bridgehead atoms. The molecule has 6 rings (SSSR count). The molecule has 0 unspecified atom stereocenters. The van der Waals surface area contributed by atoms with Crippen LogP contribution >= 0.6 is 11.6 Å². The van der Waals surface area contributed by atoms with Crippen LogP contribution in [0.25, 0.3) is 0 Å². The number of anilines is 1. The molecule has 0 aromatic heterocycles. The number of nitriles is 1. The fourth-order valence-corrected chi connectivity index (χ4v) is 6.63. The van der Waals surface area contributed by atoms with Crippen molar-refractivity contribution in [3.05, 3.63) is 29.3 Å². The highest BCUT2D eigenvalue weighted by Gasteiger charge is 2.61. The van der Waals surface area contributed by atoms with Gasteiger partial charge in [0, 0.05) is 35.6 Å². The van der Waals surface area contributed by atoms with Crippen molar-refractivity contribution < 1.29 is 23.2 Å². The number of rotatable bonds is 9. The number of nitrogens with one attached hydrogen (secondary N) is 3. The lowest BCUT2D eigenvalue weighted by atomic mass is 9.71. The first kappa shape index (κ1) is 27.6. The summed E-state index contributed by atoms with van der Waals surface area (Å²) in [6.07, 6.45) is 4.01. The van der Waals surface area contributed by atoms with E-state index in [1.165, 1.54) is 4.90 Å². The molecule has 1 aromatic carbocycles. The van der Waals surface area contributed by atoms with Crippen molar-refractivity contribution in [1.82, 2.24) is 15.5 Å². The molecule has 3 N–H and O–H groups in total. The van der Waals surface area contributed by atoms with E-state index in [-0.39, 0.29) is 24.7 Å². The van der Waals surface area contributed by atoms with Crippen molar-refractivity contribution >= 4 is 35.0 Å². The number of piperidine rings is 3. The predicted molar refractivity (Wildman–Crippen MR) is 141 cm³/mol. The van der Waals surface area contributed by atoms with Crippen molar-refractivity contribution in [2.45, 2.75) is 87.9 Å². The minimum atomic E-state index is -3.10. The lowest BCUT2D eigenvalue weighted by Crippen LogP contribution is -2.70. The molecule has 39 heavy (non-hydrogen) atoms. The SMILES string of the molecule is N#C[C@H](C[C@H]1CCCNC1=O)NC(=O)[C@@H]1[C@@H]2CC[C@@H](CC2(F)F)N1C(=O)[C@H](CC1CC1)Nc1cccc(Cl)c1. The molecule has 210 valence electrons. The van der Waals surface area contributed by atoms with Crippen molar-refractivity contribution in [1.29, 1.82) is 5.26 Å². The predicted octanol–water partition coefficient (Wildman–Crippen LogP) is 3.86. The van der Waals surface area contributed by atoms with Crippen molar-refractivity contribution in [2.24, 2.45) is 17.8 Å². The molecule has 0 spiro atoms. The molecule has 0 radical (unpaired) electrons. The Kier molecular flexibility index (Phi) is 7.99. The van der Waals surface area contributed by atoms with Crippen molar-refractivity contribution in [3.63, 3.8) is 0 Å². The number of halogens is 3. The summed E-state index contributed by atoms with van der Waals surface area (Å²) < 4.78 is 30.3. The number of carbonyl (C=O) groups is 3. The van der Waals surface area contributed by atoms with Gasteiger partial charge in [-0.25, -0.2) is 8.78 Å². The van der Waals surface area contributed by atoms with E-state index in [0.717, 1.165) is 19.3 Å². The lowest BCUT2D eigenvalue weighted by molar-refractivity contribution is -0.194. The highest BCUT2D eigenvalue weighted by Crippen LogP contribution is 2.49. The summed E-state index contributed by atoms with van der Waals surface area (Å²) in [5.74, 6) is -5.83. The largest absolute Gasteiger partial charge is 0.374 e. The normalized spacial score (nSPS) is 29.1. The first-order valence-electron chi connectivity index (χ1n) is 13.9. The highest BCUT2D eigenvalue weighted by molar-refractivity contribution is 6.30. The van der Waals surface area contributed by atoms with Crippen LogP contribution in [-0.4, -0.2) is 59.3 Å². The third-order valence-electron chi connectivity index (χ3n) is 8.58. The van der Waals surface area contributed by atoms with Gasteiger partial charge in [0.25, 0.3) is 5.92 Å². The molecule has 11 heteroatoms. The van der Waals surface area contributed by atoms with E-state index < -0.39 is 54.3 Å². The first-order chi connectivity index (χ1) is 18.7. The van der Waals surface area contributed by atoms with Crippen LogP contribution in [0.1, 0.15) is 57.8 Å². The van der Waals surface area contributed by atoms with Crippen LogP contribution in [-0.2, 0) is 14.4 Å². The van der Waals surface area contributed by atoms with E-state index in [4.69, 9.17) is 11.6 Å². The topological polar surface area (TPSA) is 114 Å². The van der Waals surface area contributed by atoms with E-state index in [1.807, 2.05) is 6.07 Å². The van der Waals surface area contributed by atoms with Crippen LogP contribution in [0.5, 0.6) is 0 Å². The third-order valence-corrected chi connectivity index (χ3v) is 8.82.